The lowest BCUT2D eigenvalue weighted by Crippen LogP contribution is -2.49. The van der Waals surface area contributed by atoms with Crippen LogP contribution in [0.1, 0.15) is 24.1 Å². The quantitative estimate of drug-likeness (QED) is 0.759. The first-order valence-corrected chi connectivity index (χ1v) is 9.90. The van der Waals surface area contributed by atoms with E-state index in [0.717, 1.165) is 37.7 Å². The summed E-state index contributed by atoms with van der Waals surface area (Å²) in [5.74, 6) is 0.176. The minimum Gasteiger partial charge on any atom is -0.338 e. The second-order valence-electron chi connectivity index (χ2n) is 7.27. The van der Waals surface area contributed by atoms with E-state index in [1.165, 1.54) is 11.1 Å². The molecular formula is C22H28ClN3O. The van der Waals surface area contributed by atoms with Crippen LogP contribution in [-0.4, -0.2) is 60.4 Å². The zero-order valence-corrected chi connectivity index (χ0v) is 16.9. The Bertz CT molecular complexity index is 744. The lowest BCUT2D eigenvalue weighted by atomic mass is 10.1. The highest BCUT2D eigenvalue weighted by atomic mass is 35.5. The molecule has 0 aromatic heterocycles. The Morgan fingerprint density at radius 2 is 1.70 bits per heavy atom. The van der Waals surface area contributed by atoms with Gasteiger partial charge in [-0.05, 0) is 30.2 Å². The van der Waals surface area contributed by atoms with Gasteiger partial charge in [0, 0.05) is 44.8 Å². The molecule has 1 atom stereocenters. The Morgan fingerprint density at radius 1 is 1.04 bits per heavy atom. The van der Waals surface area contributed by atoms with Gasteiger partial charge in [0.25, 0.3) is 0 Å². The zero-order chi connectivity index (χ0) is 19.2. The summed E-state index contributed by atoms with van der Waals surface area (Å²) in [6.45, 7) is 7.25. The number of rotatable bonds is 6. The number of likely N-dealkylation sites (N-methyl/N-ethyl adjacent to an activating group) is 1. The van der Waals surface area contributed by atoms with E-state index >= 15 is 0 Å². The molecule has 27 heavy (non-hydrogen) atoms. The topological polar surface area (TPSA) is 26.8 Å². The third kappa shape index (κ3) is 5.55. The van der Waals surface area contributed by atoms with Gasteiger partial charge in [0.15, 0.2) is 0 Å². The summed E-state index contributed by atoms with van der Waals surface area (Å²) in [6, 6.07) is 18.3. The fraction of sp³-hybridized carbons (Fsp3) is 0.409. The smallest absolute Gasteiger partial charge is 0.236 e. The van der Waals surface area contributed by atoms with Crippen molar-refractivity contribution >= 4 is 17.5 Å². The van der Waals surface area contributed by atoms with E-state index in [1.54, 1.807) is 0 Å². The predicted molar refractivity (Wildman–Crippen MR) is 111 cm³/mol. The van der Waals surface area contributed by atoms with E-state index in [1.807, 2.05) is 48.3 Å². The highest BCUT2D eigenvalue weighted by Gasteiger charge is 2.23. The van der Waals surface area contributed by atoms with Crippen LogP contribution >= 0.6 is 11.6 Å². The maximum atomic E-state index is 12.7. The molecule has 0 saturated carbocycles. The maximum absolute atomic E-state index is 12.7. The van der Waals surface area contributed by atoms with E-state index in [0.29, 0.717) is 6.54 Å². The fourth-order valence-electron chi connectivity index (χ4n) is 3.47. The van der Waals surface area contributed by atoms with Crippen molar-refractivity contribution in [3.05, 3.63) is 70.7 Å². The third-order valence-corrected chi connectivity index (χ3v) is 5.61. The molecule has 1 heterocycles. The van der Waals surface area contributed by atoms with Gasteiger partial charge in [-0.1, -0.05) is 54.1 Å². The Kier molecular flexibility index (Phi) is 6.89. The highest BCUT2D eigenvalue weighted by Crippen LogP contribution is 2.19. The minimum atomic E-state index is 0.0859. The summed E-state index contributed by atoms with van der Waals surface area (Å²) < 4.78 is 0. The van der Waals surface area contributed by atoms with Crippen molar-refractivity contribution in [2.45, 2.75) is 19.5 Å². The second kappa shape index (κ2) is 9.36. The number of halogens is 1. The molecular weight excluding hydrogens is 358 g/mol. The Morgan fingerprint density at radius 3 is 2.37 bits per heavy atom. The number of piperazine rings is 1. The summed E-state index contributed by atoms with van der Waals surface area (Å²) in [5, 5.41) is 0.785. The van der Waals surface area contributed by atoms with Crippen molar-refractivity contribution in [3.8, 4) is 0 Å². The van der Waals surface area contributed by atoms with Crippen LogP contribution in [0.2, 0.25) is 5.02 Å². The monoisotopic (exact) mass is 385 g/mol. The Hall–Kier alpha value is -1.88. The average molecular weight is 386 g/mol. The van der Waals surface area contributed by atoms with Crippen molar-refractivity contribution in [2.75, 3.05) is 39.8 Å². The first kappa shape index (κ1) is 19.9. The SMILES string of the molecule is CC(c1ccccc1)N(C)C(=O)CN1CCN(Cc2cccc(Cl)c2)CC1. The van der Waals surface area contributed by atoms with Crippen LogP contribution in [-0.2, 0) is 11.3 Å². The zero-order valence-electron chi connectivity index (χ0n) is 16.1. The molecule has 144 valence electrons. The van der Waals surface area contributed by atoms with Crippen LogP contribution in [0.15, 0.2) is 54.6 Å². The third-order valence-electron chi connectivity index (χ3n) is 5.38. The fourth-order valence-corrected chi connectivity index (χ4v) is 3.69. The van der Waals surface area contributed by atoms with Crippen molar-refractivity contribution in [2.24, 2.45) is 0 Å². The van der Waals surface area contributed by atoms with E-state index in [4.69, 9.17) is 11.6 Å². The van der Waals surface area contributed by atoms with Crippen LogP contribution in [0.4, 0.5) is 0 Å². The molecule has 3 rings (SSSR count). The minimum absolute atomic E-state index is 0.0859. The van der Waals surface area contributed by atoms with Gasteiger partial charge in [-0.25, -0.2) is 0 Å². The first-order chi connectivity index (χ1) is 13.0. The normalized spacial score (nSPS) is 16.9. The molecule has 4 nitrogen and oxygen atoms in total. The Labute approximate surface area is 167 Å². The molecule has 1 fully saturated rings. The molecule has 1 aliphatic heterocycles. The molecule has 0 bridgehead atoms. The van der Waals surface area contributed by atoms with Gasteiger partial charge in [-0.15, -0.1) is 0 Å². The van der Waals surface area contributed by atoms with Gasteiger partial charge in [0.05, 0.1) is 12.6 Å². The van der Waals surface area contributed by atoms with Gasteiger partial charge in [-0.2, -0.15) is 0 Å². The van der Waals surface area contributed by atoms with Crippen molar-refractivity contribution in [1.82, 2.24) is 14.7 Å². The lowest BCUT2D eigenvalue weighted by molar-refractivity contribution is -0.133. The van der Waals surface area contributed by atoms with Crippen LogP contribution in [0, 0.1) is 0 Å². The number of hydrogen-bond acceptors (Lipinski definition) is 3. The molecule has 2 aromatic carbocycles. The van der Waals surface area contributed by atoms with Crippen LogP contribution in [0.3, 0.4) is 0 Å². The molecule has 1 saturated heterocycles. The number of benzene rings is 2. The number of hydrogen-bond donors (Lipinski definition) is 0. The van der Waals surface area contributed by atoms with Crippen molar-refractivity contribution < 1.29 is 4.79 Å². The van der Waals surface area contributed by atoms with Gasteiger partial charge in [-0.3, -0.25) is 14.6 Å². The first-order valence-electron chi connectivity index (χ1n) is 9.52. The molecule has 1 aliphatic rings. The molecule has 1 unspecified atom stereocenters. The largest absolute Gasteiger partial charge is 0.338 e. The average Bonchev–Trinajstić information content (AvgIpc) is 2.69. The molecule has 2 aromatic rings. The van der Waals surface area contributed by atoms with Crippen LogP contribution in [0.25, 0.3) is 0 Å². The summed E-state index contributed by atoms with van der Waals surface area (Å²) in [5.41, 5.74) is 2.41. The molecule has 0 spiro atoms. The maximum Gasteiger partial charge on any atom is 0.236 e. The van der Waals surface area contributed by atoms with E-state index in [-0.39, 0.29) is 11.9 Å². The molecule has 0 aliphatic carbocycles. The van der Waals surface area contributed by atoms with Crippen molar-refractivity contribution in [3.63, 3.8) is 0 Å². The van der Waals surface area contributed by atoms with Crippen LogP contribution in [0.5, 0.6) is 0 Å². The summed E-state index contributed by atoms with van der Waals surface area (Å²) in [4.78, 5) is 19.2. The standard InChI is InChI=1S/C22H28ClN3O/c1-18(20-8-4-3-5-9-20)24(2)22(27)17-26-13-11-25(12-14-26)16-19-7-6-10-21(23)15-19/h3-10,15,18H,11-14,16-17H2,1-2H3. The molecule has 5 heteroatoms. The molecule has 0 radical (unpaired) electrons. The van der Waals surface area contributed by atoms with E-state index in [2.05, 4.69) is 34.9 Å². The summed E-state index contributed by atoms with van der Waals surface area (Å²) in [7, 11) is 1.90. The lowest BCUT2D eigenvalue weighted by Gasteiger charge is -2.35. The van der Waals surface area contributed by atoms with Gasteiger partial charge < -0.3 is 4.90 Å². The van der Waals surface area contributed by atoms with Crippen LogP contribution < -0.4 is 0 Å². The number of carbonyl (C=O) groups excluding carboxylic acids is 1. The summed E-state index contributed by atoms with van der Waals surface area (Å²) >= 11 is 6.07. The predicted octanol–water partition coefficient (Wildman–Crippen LogP) is 3.68. The van der Waals surface area contributed by atoms with Gasteiger partial charge in [0.2, 0.25) is 5.91 Å². The Balaban J connectivity index is 1.46. The molecule has 0 N–H and O–H groups in total. The number of nitrogens with zero attached hydrogens (tertiary/aromatic N) is 3. The van der Waals surface area contributed by atoms with Crippen molar-refractivity contribution in [1.29, 1.82) is 0 Å². The van der Waals surface area contributed by atoms with E-state index in [9.17, 15) is 4.79 Å². The number of amides is 1. The second-order valence-corrected chi connectivity index (χ2v) is 7.71. The number of carbonyl (C=O) groups is 1. The molecule has 1 amide bonds. The highest BCUT2D eigenvalue weighted by molar-refractivity contribution is 6.30. The summed E-state index contributed by atoms with van der Waals surface area (Å²) in [6.07, 6.45) is 0. The van der Waals surface area contributed by atoms with Gasteiger partial charge >= 0.3 is 0 Å². The van der Waals surface area contributed by atoms with Gasteiger partial charge in [0.1, 0.15) is 0 Å². The van der Waals surface area contributed by atoms with E-state index < -0.39 is 0 Å².